The third-order valence-corrected chi connectivity index (χ3v) is 7.78. The molecule has 150 valence electrons. The second-order valence-corrected chi connectivity index (χ2v) is 9.54. The Morgan fingerprint density at radius 3 is 2.38 bits per heavy atom. The van der Waals surface area contributed by atoms with E-state index in [1.165, 1.54) is 22.3 Å². The van der Waals surface area contributed by atoms with Crippen LogP contribution in [0.3, 0.4) is 0 Å². The molecule has 0 spiro atoms. The minimum atomic E-state index is -3.43. The molecule has 3 aromatic carbocycles. The summed E-state index contributed by atoms with van der Waals surface area (Å²) in [5.41, 5.74) is 10.6. The monoisotopic (exact) mass is 407 g/mol. The van der Waals surface area contributed by atoms with Gasteiger partial charge in [-0.2, -0.15) is 0 Å². The minimum Gasteiger partial charge on any atom is -0.493 e. The molecule has 4 nitrogen and oxygen atoms in total. The summed E-state index contributed by atoms with van der Waals surface area (Å²) in [6.07, 6.45) is 1.67. The van der Waals surface area contributed by atoms with Crippen LogP contribution in [-0.2, 0) is 16.3 Å². The zero-order valence-electron chi connectivity index (χ0n) is 16.3. The van der Waals surface area contributed by atoms with Crippen molar-refractivity contribution in [2.75, 3.05) is 13.2 Å². The first-order chi connectivity index (χ1) is 14.1. The summed E-state index contributed by atoms with van der Waals surface area (Å²) in [6.45, 7) is 0.663. The lowest BCUT2D eigenvalue weighted by molar-refractivity contribution is 0.303. The van der Waals surface area contributed by atoms with Gasteiger partial charge in [0.15, 0.2) is 9.84 Å². The maximum absolute atomic E-state index is 13.0. The smallest absolute Gasteiger partial charge is 0.181 e. The highest BCUT2D eigenvalue weighted by atomic mass is 32.2. The Hall–Kier alpha value is -2.63. The van der Waals surface area contributed by atoms with Crippen LogP contribution in [0.5, 0.6) is 5.75 Å². The van der Waals surface area contributed by atoms with E-state index in [0.717, 1.165) is 12.2 Å². The van der Waals surface area contributed by atoms with Crippen molar-refractivity contribution < 1.29 is 13.2 Å². The second-order valence-electron chi connectivity index (χ2n) is 7.31. The summed E-state index contributed by atoms with van der Waals surface area (Å²) in [5, 5.41) is -0.552. The summed E-state index contributed by atoms with van der Waals surface area (Å²) in [6, 6.07) is 23.0. The zero-order chi connectivity index (χ0) is 20.3. The predicted molar refractivity (Wildman–Crippen MR) is 116 cm³/mol. The number of fused-ring (bicyclic) bond motifs is 3. The number of rotatable bonds is 8. The Kier molecular flexibility index (Phi) is 5.69. The third-order valence-electron chi connectivity index (χ3n) is 5.50. The van der Waals surface area contributed by atoms with E-state index in [-0.39, 0.29) is 0 Å². The van der Waals surface area contributed by atoms with Crippen molar-refractivity contribution in [3.8, 4) is 16.9 Å². The lowest BCUT2D eigenvalue weighted by atomic mass is 10.1. The fourth-order valence-electron chi connectivity index (χ4n) is 4.01. The van der Waals surface area contributed by atoms with Gasteiger partial charge in [-0.1, -0.05) is 54.6 Å². The van der Waals surface area contributed by atoms with Gasteiger partial charge in [0.05, 0.1) is 16.8 Å². The molecule has 1 aliphatic carbocycles. The summed E-state index contributed by atoms with van der Waals surface area (Å²) in [5.74, 6) is 0.835. The van der Waals surface area contributed by atoms with Crippen LogP contribution in [0.15, 0.2) is 77.7 Å². The number of ether oxygens (including phenoxy) is 1. The largest absolute Gasteiger partial charge is 0.493 e. The molecule has 0 bridgehead atoms. The first-order valence-corrected chi connectivity index (χ1v) is 11.5. The van der Waals surface area contributed by atoms with Gasteiger partial charge in [0.2, 0.25) is 0 Å². The highest BCUT2D eigenvalue weighted by molar-refractivity contribution is 7.92. The van der Waals surface area contributed by atoms with Crippen molar-refractivity contribution in [1.82, 2.24) is 0 Å². The Morgan fingerprint density at radius 2 is 1.59 bits per heavy atom. The first kappa shape index (κ1) is 19.7. The van der Waals surface area contributed by atoms with E-state index in [4.69, 9.17) is 10.5 Å². The molecule has 2 N–H and O–H groups in total. The van der Waals surface area contributed by atoms with Gasteiger partial charge >= 0.3 is 0 Å². The third kappa shape index (κ3) is 3.93. The molecular weight excluding hydrogens is 382 g/mol. The molecule has 0 aliphatic heterocycles. The van der Waals surface area contributed by atoms with Crippen molar-refractivity contribution in [2.24, 2.45) is 5.73 Å². The molecular formula is C24H25NO3S. The SMILES string of the molecule is NCCC(CCOc1cccc2c1Cc1ccccc1-2)S(=O)(=O)c1ccccc1. The average Bonchev–Trinajstić information content (AvgIpc) is 3.13. The van der Waals surface area contributed by atoms with Crippen LogP contribution in [-0.4, -0.2) is 26.8 Å². The molecule has 4 rings (SSSR count). The fourth-order valence-corrected chi connectivity index (χ4v) is 5.78. The quantitative estimate of drug-likeness (QED) is 0.475. The fraction of sp³-hybridized carbons (Fsp3) is 0.250. The van der Waals surface area contributed by atoms with Gasteiger partial charge in [0.25, 0.3) is 0 Å². The van der Waals surface area contributed by atoms with Crippen molar-refractivity contribution in [3.63, 3.8) is 0 Å². The lowest BCUT2D eigenvalue weighted by Crippen LogP contribution is -2.26. The molecule has 29 heavy (non-hydrogen) atoms. The van der Waals surface area contributed by atoms with Crippen LogP contribution < -0.4 is 10.5 Å². The molecule has 1 aliphatic rings. The molecule has 1 atom stereocenters. The zero-order valence-corrected chi connectivity index (χ0v) is 17.1. The summed E-state index contributed by atoms with van der Waals surface area (Å²) >= 11 is 0. The Bertz CT molecular complexity index is 1090. The van der Waals surface area contributed by atoms with Gasteiger partial charge in [-0.05, 0) is 54.3 Å². The molecule has 0 heterocycles. The molecule has 0 fully saturated rings. The number of hydrogen-bond acceptors (Lipinski definition) is 4. The van der Waals surface area contributed by atoms with E-state index >= 15 is 0 Å². The van der Waals surface area contributed by atoms with E-state index in [0.29, 0.717) is 30.9 Å². The van der Waals surface area contributed by atoms with E-state index in [2.05, 4.69) is 24.3 Å². The molecule has 0 amide bonds. The highest BCUT2D eigenvalue weighted by Crippen LogP contribution is 2.41. The molecule has 0 aromatic heterocycles. The topological polar surface area (TPSA) is 69.4 Å². The first-order valence-electron chi connectivity index (χ1n) is 9.93. The molecule has 0 radical (unpaired) electrons. The number of benzene rings is 3. The second kappa shape index (κ2) is 8.39. The van der Waals surface area contributed by atoms with Crippen LogP contribution in [0.4, 0.5) is 0 Å². The van der Waals surface area contributed by atoms with Crippen molar-refractivity contribution >= 4 is 9.84 Å². The predicted octanol–water partition coefficient (Wildman–Crippen LogP) is 4.22. The van der Waals surface area contributed by atoms with E-state index in [1.807, 2.05) is 24.3 Å². The van der Waals surface area contributed by atoms with Crippen LogP contribution in [0.1, 0.15) is 24.0 Å². The maximum atomic E-state index is 13.0. The lowest BCUT2D eigenvalue weighted by Gasteiger charge is -2.18. The minimum absolute atomic E-state index is 0.326. The summed E-state index contributed by atoms with van der Waals surface area (Å²) < 4.78 is 32.1. The number of sulfone groups is 1. The van der Waals surface area contributed by atoms with Crippen molar-refractivity contribution in [2.45, 2.75) is 29.4 Å². The highest BCUT2D eigenvalue weighted by Gasteiger charge is 2.27. The van der Waals surface area contributed by atoms with Crippen LogP contribution in [0, 0.1) is 0 Å². The molecule has 0 saturated heterocycles. The number of nitrogens with two attached hydrogens (primary N) is 1. The Balaban J connectivity index is 1.48. The van der Waals surface area contributed by atoms with Gasteiger partial charge in [0.1, 0.15) is 5.75 Å². The molecule has 1 unspecified atom stereocenters. The summed E-state index contributed by atoms with van der Waals surface area (Å²) in [7, 11) is -3.43. The van der Waals surface area contributed by atoms with Gasteiger partial charge < -0.3 is 10.5 Å². The standard InChI is InChI=1S/C24H25NO3S/c25-15-13-20(29(26,27)19-8-2-1-3-9-19)14-16-28-24-12-6-11-22-21-10-5-4-7-18(21)17-23(22)24/h1-12,20H,13-17,25H2. The van der Waals surface area contributed by atoms with Crippen LogP contribution in [0.25, 0.3) is 11.1 Å². The molecule has 5 heteroatoms. The van der Waals surface area contributed by atoms with Crippen LogP contribution in [0.2, 0.25) is 0 Å². The maximum Gasteiger partial charge on any atom is 0.181 e. The van der Waals surface area contributed by atoms with Gasteiger partial charge in [-0.25, -0.2) is 8.42 Å². The van der Waals surface area contributed by atoms with Crippen molar-refractivity contribution in [3.05, 3.63) is 83.9 Å². The Morgan fingerprint density at radius 1 is 0.862 bits per heavy atom. The normalized spacial score (nSPS) is 13.6. The molecule has 0 saturated carbocycles. The summed E-state index contributed by atoms with van der Waals surface area (Å²) in [4.78, 5) is 0.342. The molecule has 3 aromatic rings. The van der Waals surface area contributed by atoms with Gasteiger partial charge in [-0.15, -0.1) is 0 Å². The van der Waals surface area contributed by atoms with E-state index in [9.17, 15) is 8.42 Å². The Labute approximate surface area is 172 Å². The van der Waals surface area contributed by atoms with Gasteiger partial charge in [-0.3, -0.25) is 0 Å². The number of hydrogen-bond donors (Lipinski definition) is 1. The van der Waals surface area contributed by atoms with E-state index in [1.54, 1.807) is 24.3 Å². The van der Waals surface area contributed by atoms with Crippen LogP contribution >= 0.6 is 0 Å². The van der Waals surface area contributed by atoms with Crippen molar-refractivity contribution in [1.29, 1.82) is 0 Å². The average molecular weight is 408 g/mol. The van der Waals surface area contributed by atoms with E-state index < -0.39 is 15.1 Å². The van der Waals surface area contributed by atoms with Gasteiger partial charge in [0, 0.05) is 12.0 Å².